The summed E-state index contributed by atoms with van der Waals surface area (Å²) in [5.41, 5.74) is 10.1. The lowest BCUT2D eigenvalue weighted by molar-refractivity contribution is 0.142. The monoisotopic (exact) mass is 176 g/mol. The van der Waals surface area contributed by atoms with Crippen LogP contribution in [0.5, 0.6) is 0 Å². The van der Waals surface area contributed by atoms with Gasteiger partial charge < -0.3 is 16.6 Å². The average Bonchev–Trinajstić information content (AvgIpc) is 1.65. The van der Waals surface area contributed by atoms with Crippen molar-refractivity contribution in [1.29, 1.82) is 0 Å². The van der Waals surface area contributed by atoms with Crippen molar-refractivity contribution in [2.45, 2.75) is 25.6 Å². The molecule has 0 spiro atoms. The molecular weight excluding hydrogens is 163 g/mol. The molecule has 0 saturated carbocycles. The first-order valence-electron chi connectivity index (χ1n) is 2.37. The maximum atomic E-state index is 8.69. The molecule has 0 aromatic rings. The van der Waals surface area contributed by atoms with Crippen LogP contribution in [-0.2, 0) is 0 Å². The molecule has 0 rings (SSSR count). The maximum absolute atomic E-state index is 8.69. The Morgan fingerprint density at radius 1 is 1.33 bits per heavy atom. The molecule has 0 amide bonds. The molecule has 3 nitrogen and oxygen atoms in total. The number of hydrogen-bond acceptors (Lipinski definition) is 3. The molecule has 0 aliphatic heterocycles. The third-order valence-electron chi connectivity index (χ3n) is 0.863. The molecule has 0 aromatic carbocycles. The molecule has 0 aliphatic rings. The van der Waals surface area contributed by atoms with Gasteiger partial charge in [0.1, 0.15) is 0 Å². The molecule has 0 bridgehead atoms. The third kappa shape index (κ3) is 8.46. The minimum atomic E-state index is -0.579. The molecule has 0 fully saturated rings. The van der Waals surface area contributed by atoms with Gasteiger partial charge in [-0.2, -0.15) is 0 Å². The Balaban J connectivity index is -0.000000180. The van der Waals surface area contributed by atoms with E-state index in [1.165, 1.54) is 0 Å². The van der Waals surface area contributed by atoms with E-state index in [1.54, 1.807) is 0 Å². The Bertz CT molecular complexity index is 53.8. The minimum absolute atomic E-state index is 0. The van der Waals surface area contributed by atoms with E-state index in [-0.39, 0.29) is 24.8 Å². The molecule has 0 aromatic heterocycles. The first-order chi connectivity index (χ1) is 3.18. The summed E-state index contributed by atoms with van der Waals surface area (Å²) in [7, 11) is 0. The highest BCUT2D eigenvalue weighted by Gasteiger charge is 2.04. The van der Waals surface area contributed by atoms with Crippen LogP contribution in [0.25, 0.3) is 0 Å². The Labute approximate surface area is 67.6 Å². The highest BCUT2D eigenvalue weighted by molar-refractivity contribution is 5.85. The largest absolute Gasteiger partial charge is 0.390 e. The van der Waals surface area contributed by atoms with Crippen LogP contribution in [0, 0.1) is 0 Å². The van der Waals surface area contributed by atoms with Gasteiger partial charge in [-0.1, -0.05) is 6.92 Å². The predicted octanol–water partition coefficient (Wildman–Crippen LogP) is -0.156. The molecule has 1 atom stereocenters. The molecule has 0 aliphatic carbocycles. The summed E-state index contributed by atoms with van der Waals surface area (Å²) in [6, 6.07) is 0. The normalized spacial score (nSPS) is 11.7. The number of halogens is 2. The number of aliphatic hydroxyl groups excluding tert-OH is 1. The van der Waals surface area contributed by atoms with Crippen LogP contribution in [0.3, 0.4) is 0 Å². The van der Waals surface area contributed by atoms with E-state index in [2.05, 4.69) is 0 Å². The SMILES string of the molecule is CC[C@H](O)C(N)N.Cl.Cl. The summed E-state index contributed by atoms with van der Waals surface area (Å²) in [5.74, 6) is 0. The van der Waals surface area contributed by atoms with Crippen LogP contribution >= 0.6 is 24.8 Å². The van der Waals surface area contributed by atoms with Crippen molar-refractivity contribution >= 4 is 24.8 Å². The van der Waals surface area contributed by atoms with Crippen molar-refractivity contribution in [1.82, 2.24) is 0 Å². The zero-order chi connectivity index (χ0) is 5.86. The molecule has 9 heavy (non-hydrogen) atoms. The molecular formula is C4H14Cl2N2O. The van der Waals surface area contributed by atoms with E-state index in [0.717, 1.165) is 0 Å². The molecule has 0 heterocycles. The van der Waals surface area contributed by atoms with Gasteiger partial charge in [0, 0.05) is 0 Å². The van der Waals surface area contributed by atoms with Crippen molar-refractivity contribution in [2.75, 3.05) is 0 Å². The van der Waals surface area contributed by atoms with Gasteiger partial charge in [0.15, 0.2) is 0 Å². The van der Waals surface area contributed by atoms with Crippen LogP contribution in [0.15, 0.2) is 0 Å². The number of rotatable bonds is 2. The summed E-state index contributed by atoms with van der Waals surface area (Å²) in [5, 5.41) is 8.69. The van der Waals surface area contributed by atoms with E-state index in [4.69, 9.17) is 16.6 Å². The second-order valence-corrected chi connectivity index (χ2v) is 1.55. The first kappa shape index (κ1) is 16.2. The molecule has 0 saturated heterocycles. The van der Waals surface area contributed by atoms with E-state index in [1.807, 2.05) is 6.92 Å². The fourth-order valence-corrected chi connectivity index (χ4v) is 0.272. The second kappa shape index (κ2) is 8.46. The lowest BCUT2D eigenvalue weighted by atomic mass is 10.2. The van der Waals surface area contributed by atoms with Gasteiger partial charge in [0.25, 0.3) is 0 Å². The van der Waals surface area contributed by atoms with Crippen molar-refractivity contribution in [3.05, 3.63) is 0 Å². The summed E-state index contributed by atoms with van der Waals surface area (Å²) < 4.78 is 0. The summed E-state index contributed by atoms with van der Waals surface area (Å²) >= 11 is 0. The van der Waals surface area contributed by atoms with E-state index in [9.17, 15) is 0 Å². The fourth-order valence-electron chi connectivity index (χ4n) is 0.272. The van der Waals surface area contributed by atoms with Crippen molar-refractivity contribution in [3.63, 3.8) is 0 Å². The van der Waals surface area contributed by atoms with E-state index >= 15 is 0 Å². The van der Waals surface area contributed by atoms with Gasteiger partial charge in [-0.05, 0) is 6.42 Å². The third-order valence-corrected chi connectivity index (χ3v) is 0.863. The molecule has 5 heteroatoms. The van der Waals surface area contributed by atoms with Gasteiger partial charge in [-0.15, -0.1) is 24.8 Å². The van der Waals surface area contributed by atoms with Gasteiger partial charge in [-0.3, -0.25) is 0 Å². The maximum Gasteiger partial charge on any atom is 0.0817 e. The highest BCUT2D eigenvalue weighted by Crippen LogP contribution is 1.87. The zero-order valence-corrected chi connectivity index (χ0v) is 6.91. The van der Waals surface area contributed by atoms with Crippen LogP contribution in [0.2, 0.25) is 0 Å². The smallest absolute Gasteiger partial charge is 0.0817 e. The Kier molecular flexibility index (Phi) is 15.3. The van der Waals surface area contributed by atoms with Gasteiger partial charge in [0.05, 0.1) is 12.3 Å². The summed E-state index contributed by atoms with van der Waals surface area (Å²) in [4.78, 5) is 0. The minimum Gasteiger partial charge on any atom is -0.390 e. The summed E-state index contributed by atoms with van der Waals surface area (Å²) in [6.07, 6.45) is -0.498. The van der Waals surface area contributed by atoms with Crippen molar-refractivity contribution in [3.8, 4) is 0 Å². The highest BCUT2D eigenvalue weighted by atomic mass is 35.5. The Morgan fingerprint density at radius 2 is 1.67 bits per heavy atom. The summed E-state index contributed by atoms with van der Waals surface area (Å²) in [6.45, 7) is 1.83. The quantitative estimate of drug-likeness (QED) is 0.513. The lowest BCUT2D eigenvalue weighted by Crippen LogP contribution is -2.42. The second-order valence-electron chi connectivity index (χ2n) is 1.55. The average molecular weight is 177 g/mol. The molecule has 0 unspecified atom stereocenters. The Morgan fingerprint density at radius 3 is 1.67 bits per heavy atom. The van der Waals surface area contributed by atoms with Crippen molar-refractivity contribution < 1.29 is 5.11 Å². The predicted molar refractivity (Wildman–Crippen MR) is 43.0 cm³/mol. The number of nitrogens with two attached hydrogens (primary N) is 2. The van der Waals surface area contributed by atoms with Gasteiger partial charge in [-0.25, -0.2) is 0 Å². The van der Waals surface area contributed by atoms with Crippen molar-refractivity contribution in [2.24, 2.45) is 11.5 Å². The molecule has 0 radical (unpaired) electrons. The number of aliphatic hydroxyl groups is 1. The van der Waals surface area contributed by atoms with Crippen LogP contribution in [-0.4, -0.2) is 17.4 Å². The van der Waals surface area contributed by atoms with Crippen LogP contribution in [0.4, 0.5) is 0 Å². The topological polar surface area (TPSA) is 72.3 Å². The standard InChI is InChI=1S/C4H12N2O.2ClH/c1-2-3(7)4(5)6;;/h3-4,7H,2,5-6H2,1H3;2*1H/t3-;;/m0../s1. The van der Waals surface area contributed by atoms with Crippen LogP contribution in [0.1, 0.15) is 13.3 Å². The van der Waals surface area contributed by atoms with Crippen LogP contribution < -0.4 is 11.5 Å². The zero-order valence-electron chi connectivity index (χ0n) is 5.28. The molecule has 60 valence electrons. The number of hydrogen-bond donors (Lipinski definition) is 3. The van der Waals surface area contributed by atoms with Gasteiger partial charge >= 0.3 is 0 Å². The van der Waals surface area contributed by atoms with E-state index in [0.29, 0.717) is 6.42 Å². The molecule has 5 N–H and O–H groups in total. The van der Waals surface area contributed by atoms with E-state index < -0.39 is 12.3 Å². The fraction of sp³-hybridized carbons (Fsp3) is 1.00. The lowest BCUT2D eigenvalue weighted by Gasteiger charge is -2.09. The van der Waals surface area contributed by atoms with Gasteiger partial charge in [0.2, 0.25) is 0 Å². The Hall–Kier alpha value is 0.460. The first-order valence-corrected chi connectivity index (χ1v) is 2.37.